The van der Waals surface area contributed by atoms with E-state index in [0.717, 1.165) is 11.1 Å². The predicted molar refractivity (Wildman–Crippen MR) is 118 cm³/mol. The third-order valence-electron chi connectivity index (χ3n) is 5.08. The second-order valence-electron chi connectivity index (χ2n) is 8.05. The minimum Gasteiger partial charge on any atom is -0.438 e. The van der Waals surface area contributed by atoms with Gasteiger partial charge in [0.1, 0.15) is 0 Å². The topological polar surface area (TPSA) is 87.7 Å². The Morgan fingerprint density at radius 1 is 1.13 bits per heavy atom. The molecule has 3 amide bonds. The van der Waals surface area contributed by atoms with Gasteiger partial charge in [-0.2, -0.15) is 0 Å². The van der Waals surface area contributed by atoms with Crippen LogP contribution in [-0.4, -0.2) is 34.9 Å². The Balaban J connectivity index is 1.92. The molecular formula is C24H29N3O4. The van der Waals surface area contributed by atoms with E-state index in [9.17, 15) is 14.4 Å². The summed E-state index contributed by atoms with van der Waals surface area (Å²) in [6.07, 6.45) is -0.973. The Kier molecular flexibility index (Phi) is 6.95. The van der Waals surface area contributed by atoms with Gasteiger partial charge < -0.3 is 15.4 Å². The van der Waals surface area contributed by atoms with Crippen LogP contribution in [0.25, 0.3) is 0 Å². The van der Waals surface area contributed by atoms with Crippen molar-refractivity contribution in [1.29, 1.82) is 0 Å². The first-order valence-corrected chi connectivity index (χ1v) is 10.5. The standard InChI is InChI=1S/C24H29N3O4/c1-5-20(28)26-19-8-6-7-18(13-19)22-21(23(29)25-15(2)3)27(24(30)31-22)14-17-11-9-16(4)10-12-17/h6-13,15,21-22H,5,14H2,1-4H3,(H,25,29)(H,26,28)/t21-,22-/m0/s1. The fourth-order valence-electron chi connectivity index (χ4n) is 3.51. The van der Waals surface area contributed by atoms with Crippen LogP contribution in [0, 0.1) is 6.92 Å². The summed E-state index contributed by atoms with van der Waals surface area (Å²) in [5, 5.41) is 5.71. The van der Waals surface area contributed by atoms with Gasteiger partial charge in [0.25, 0.3) is 0 Å². The second-order valence-corrected chi connectivity index (χ2v) is 8.05. The maximum absolute atomic E-state index is 13.1. The SMILES string of the molecule is CCC(=O)Nc1cccc([C@@H]2OC(=O)N(Cc3ccc(C)cc3)[C@@H]2C(=O)NC(C)C)c1. The summed E-state index contributed by atoms with van der Waals surface area (Å²) in [5.41, 5.74) is 3.28. The zero-order chi connectivity index (χ0) is 22.5. The molecule has 1 aliphatic rings. The Hall–Kier alpha value is -3.35. The Labute approximate surface area is 182 Å². The molecule has 164 valence electrons. The Morgan fingerprint density at radius 2 is 1.84 bits per heavy atom. The number of rotatable bonds is 7. The van der Waals surface area contributed by atoms with E-state index in [-0.39, 0.29) is 24.4 Å². The molecule has 0 saturated carbocycles. The number of carbonyl (C=O) groups is 3. The number of cyclic esters (lactones) is 1. The monoisotopic (exact) mass is 423 g/mol. The largest absolute Gasteiger partial charge is 0.438 e. The molecule has 2 N–H and O–H groups in total. The van der Waals surface area contributed by atoms with Crippen LogP contribution >= 0.6 is 0 Å². The van der Waals surface area contributed by atoms with Crippen LogP contribution in [0.3, 0.4) is 0 Å². The van der Waals surface area contributed by atoms with Crippen molar-refractivity contribution in [3.8, 4) is 0 Å². The lowest BCUT2D eigenvalue weighted by Gasteiger charge is -2.25. The molecule has 1 aliphatic heterocycles. The summed E-state index contributed by atoms with van der Waals surface area (Å²) < 4.78 is 5.67. The first-order valence-electron chi connectivity index (χ1n) is 10.5. The number of carbonyl (C=O) groups excluding carboxylic acids is 3. The number of hydrogen-bond donors (Lipinski definition) is 2. The average molecular weight is 424 g/mol. The summed E-state index contributed by atoms with van der Waals surface area (Å²) in [5.74, 6) is -0.392. The molecule has 0 aromatic heterocycles. The Morgan fingerprint density at radius 3 is 2.48 bits per heavy atom. The number of anilines is 1. The minimum absolute atomic E-state index is 0.0831. The molecule has 2 aromatic rings. The predicted octanol–water partition coefficient (Wildman–Crippen LogP) is 3.93. The number of amides is 3. The van der Waals surface area contributed by atoms with Crippen LogP contribution in [0.5, 0.6) is 0 Å². The van der Waals surface area contributed by atoms with Gasteiger partial charge in [-0.3, -0.25) is 14.5 Å². The van der Waals surface area contributed by atoms with E-state index < -0.39 is 18.2 Å². The summed E-state index contributed by atoms with van der Waals surface area (Å²) in [6, 6.07) is 14.0. The molecule has 1 fully saturated rings. The summed E-state index contributed by atoms with van der Waals surface area (Å²) in [6.45, 7) is 7.77. The molecule has 0 bridgehead atoms. The molecule has 0 spiro atoms. The van der Waals surface area contributed by atoms with Crippen LogP contribution < -0.4 is 10.6 Å². The highest BCUT2D eigenvalue weighted by Gasteiger charge is 2.47. The van der Waals surface area contributed by atoms with Gasteiger partial charge in [-0.1, -0.05) is 48.9 Å². The van der Waals surface area contributed by atoms with E-state index in [1.165, 1.54) is 4.90 Å². The average Bonchev–Trinajstić information content (AvgIpc) is 3.05. The zero-order valence-corrected chi connectivity index (χ0v) is 18.3. The van der Waals surface area contributed by atoms with Gasteiger partial charge in [-0.05, 0) is 44.0 Å². The second kappa shape index (κ2) is 9.64. The van der Waals surface area contributed by atoms with E-state index in [1.807, 2.05) is 45.0 Å². The van der Waals surface area contributed by atoms with Crippen molar-refractivity contribution in [3.05, 3.63) is 65.2 Å². The van der Waals surface area contributed by atoms with Crippen molar-refractivity contribution in [1.82, 2.24) is 10.2 Å². The van der Waals surface area contributed by atoms with E-state index in [1.54, 1.807) is 31.2 Å². The Bertz CT molecular complexity index is 956. The molecule has 0 unspecified atom stereocenters. The summed E-state index contributed by atoms with van der Waals surface area (Å²) in [7, 11) is 0. The van der Waals surface area contributed by atoms with Crippen molar-refractivity contribution in [2.24, 2.45) is 0 Å². The van der Waals surface area contributed by atoms with Crippen molar-refractivity contribution in [2.45, 2.75) is 58.8 Å². The van der Waals surface area contributed by atoms with E-state index in [0.29, 0.717) is 17.7 Å². The van der Waals surface area contributed by atoms with E-state index in [4.69, 9.17) is 4.74 Å². The van der Waals surface area contributed by atoms with Gasteiger partial charge in [0.15, 0.2) is 12.1 Å². The van der Waals surface area contributed by atoms with Crippen molar-refractivity contribution in [3.63, 3.8) is 0 Å². The van der Waals surface area contributed by atoms with Crippen molar-refractivity contribution < 1.29 is 19.1 Å². The molecular weight excluding hydrogens is 394 g/mol. The fraction of sp³-hybridized carbons (Fsp3) is 0.375. The van der Waals surface area contributed by atoms with Crippen molar-refractivity contribution in [2.75, 3.05) is 5.32 Å². The van der Waals surface area contributed by atoms with Gasteiger partial charge in [0.2, 0.25) is 11.8 Å². The number of aryl methyl sites for hydroxylation is 1. The number of nitrogens with zero attached hydrogens (tertiary/aromatic N) is 1. The molecule has 2 aromatic carbocycles. The molecule has 2 atom stereocenters. The first kappa shape index (κ1) is 22.3. The van der Waals surface area contributed by atoms with Gasteiger partial charge in [-0.25, -0.2) is 4.79 Å². The molecule has 7 heteroatoms. The molecule has 3 rings (SSSR count). The highest BCUT2D eigenvalue weighted by atomic mass is 16.6. The van der Waals surface area contributed by atoms with Crippen LogP contribution in [-0.2, 0) is 20.9 Å². The maximum atomic E-state index is 13.1. The highest BCUT2D eigenvalue weighted by molar-refractivity contribution is 5.91. The maximum Gasteiger partial charge on any atom is 0.411 e. The summed E-state index contributed by atoms with van der Waals surface area (Å²) in [4.78, 5) is 39.1. The van der Waals surface area contributed by atoms with Crippen molar-refractivity contribution >= 4 is 23.6 Å². The molecule has 0 aliphatic carbocycles. The summed E-state index contributed by atoms with van der Waals surface area (Å²) >= 11 is 0. The van der Waals surface area contributed by atoms with Gasteiger partial charge in [-0.15, -0.1) is 0 Å². The van der Waals surface area contributed by atoms with Gasteiger partial charge in [0.05, 0.1) is 6.54 Å². The lowest BCUT2D eigenvalue weighted by Crippen LogP contribution is -2.48. The molecule has 0 radical (unpaired) electrons. The van der Waals surface area contributed by atoms with Crippen LogP contribution in [0.4, 0.5) is 10.5 Å². The molecule has 7 nitrogen and oxygen atoms in total. The number of ether oxygens (including phenoxy) is 1. The van der Waals surface area contributed by atoms with Gasteiger partial charge >= 0.3 is 6.09 Å². The highest BCUT2D eigenvalue weighted by Crippen LogP contribution is 2.35. The number of benzene rings is 2. The first-order chi connectivity index (χ1) is 14.8. The minimum atomic E-state index is -0.826. The quantitative estimate of drug-likeness (QED) is 0.706. The van der Waals surface area contributed by atoms with Crippen LogP contribution in [0.2, 0.25) is 0 Å². The number of hydrogen-bond acceptors (Lipinski definition) is 4. The molecule has 31 heavy (non-hydrogen) atoms. The molecule has 1 saturated heterocycles. The van der Waals surface area contributed by atoms with Crippen LogP contribution in [0.1, 0.15) is 50.0 Å². The fourth-order valence-corrected chi connectivity index (χ4v) is 3.51. The number of nitrogens with one attached hydrogen (secondary N) is 2. The van der Waals surface area contributed by atoms with E-state index in [2.05, 4.69) is 10.6 Å². The third-order valence-corrected chi connectivity index (χ3v) is 5.08. The smallest absolute Gasteiger partial charge is 0.411 e. The van der Waals surface area contributed by atoms with Crippen LogP contribution in [0.15, 0.2) is 48.5 Å². The zero-order valence-electron chi connectivity index (χ0n) is 18.3. The lowest BCUT2D eigenvalue weighted by atomic mass is 9.99. The molecule has 1 heterocycles. The third kappa shape index (κ3) is 5.42. The normalized spacial score (nSPS) is 18.1. The van der Waals surface area contributed by atoms with Gasteiger partial charge in [0, 0.05) is 18.2 Å². The van der Waals surface area contributed by atoms with E-state index >= 15 is 0 Å². The lowest BCUT2D eigenvalue weighted by molar-refractivity contribution is -0.126.